The number of nitrogens with zero attached hydrogens (tertiary/aromatic N) is 2. The Bertz CT molecular complexity index is 542. The normalized spacial score (nSPS) is 17.7. The molecule has 0 aliphatic heterocycles. The Labute approximate surface area is 118 Å². The molecule has 18 heavy (non-hydrogen) atoms. The molecule has 4 nitrogen and oxygen atoms in total. The van der Waals surface area contributed by atoms with Gasteiger partial charge >= 0.3 is 0 Å². The molecule has 0 saturated heterocycles. The summed E-state index contributed by atoms with van der Waals surface area (Å²) in [5.41, 5.74) is 6.05. The lowest BCUT2D eigenvalue weighted by Gasteiger charge is -2.39. The third-order valence-corrected chi connectivity index (χ3v) is 5.32. The molecule has 2 heterocycles. The van der Waals surface area contributed by atoms with Crippen molar-refractivity contribution >= 4 is 27.3 Å². The monoisotopic (exact) mass is 327 g/mol. The molecule has 0 bridgehead atoms. The second kappa shape index (κ2) is 4.75. The molecule has 0 atom stereocenters. The molecule has 2 N–H and O–H groups in total. The van der Waals surface area contributed by atoms with Crippen LogP contribution < -0.4 is 5.73 Å². The number of hydrogen-bond donors (Lipinski definition) is 1. The molecule has 6 heteroatoms. The standard InChI is InChI=1S/C12H14BrN3OS/c13-8-4-9(18-6-8)11-15-10(17-16-11)5-12(7-14)2-1-3-12/h4,6H,1-3,5,7,14H2. The van der Waals surface area contributed by atoms with Crippen LogP contribution in [-0.2, 0) is 6.42 Å². The minimum atomic E-state index is 0.208. The van der Waals surface area contributed by atoms with Crippen LogP contribution in [-0.4, -0.2) is 16.7 Å². The van der Waals surface area contributed by atoms with Crippen molar-refractivity contribution in [3.05, 3.63) is 21.8 Å². The molecule has 0 unspecified atom stereocenters. The highest BCUT2D eigenvalue weighted by Crippen LogP contribution is 2.42. The van der Waals surface area contributed by atoms with E-state index in [1.165, 1.54) is 19.3 Å². The van der Waals surface area contributed by atoms with Gasteiger partial charge in [-0.3, -0.25) is 0 Å². The first-order chi connectivity index (χ1) is 8.71. The molecule has 2 aromatic rings. The molecule has 0 amide bonds. The number of thiophene rings is 1. The van der Waals surface area contributed by atoms with Gasteiger partial charge in [-0.05, 0) is 46.8 Å². The van der Waals surface area contributed by atoms with Crippen LogP contribution in [0.4, 0.5) is 0 Å². The molecule has 0 aromatic carbocycles. The highest BCUT2D eigenvalue weighted by Gasteiger charge is 2.37. The molecule has 3 rings (SSSR count). The Balaban J connectivity index is 1.77. The second-order valence-electron chi connectivity index (χ2n) is 4.88. The fraction of sp³-hybridized carbons (Fsp3) is 0.500. The first kappa shape index (κ1) is 12.3. The Morgan fingerprint density at radius 3 is 2.89 bits per heavy atom. The molecule has 1 aliphatic rings. The van der Waals surface area contributed by atoms with E-state index in [2.05, 4.69) is 26.1 Å². The Morgan fingerprint density at radius 1 is 1.50 bits per heavy atom. The molecule has 1 aliphatic carbocycles. The molecule has 1 saturated carbocycles. The number of hydrogen-bond acceptors (Lipinski definition) is 5. The van der Waals surface area contributed by atoms with Crippen molar-refractivity contribution in [1.29, 1.82) is 0 Å². The predicted molar refractivity (Wildman–Crippen MR) is 74.4 cm³/mol. The van der Waals surface area contributed by atoms with Crippen LogP contribution in [0.2, 0.25) is 0 Å². The third-order valence-electron chi connectivity index (χ3n) is 3.63. The number of nitrogens with two attached hydrogens (primary N) is 1. The van der Waals surface area contributed by atoms with Gasteiger partial charge < -0.3 is 10.3 Å². The lowest BCUT2D eigenvalue weighted by molar-refractivity contribution is 0.129. The molecular weight excluding hydrogens is 314 g/mol. The summed E-state index contributed by atoms with van der Waals surface area (Å²) in [5.74, 6) is 1.38. The maximum absolute atomic E-state index is 5.84. The smallest absolute Gasteiger partial charge is 0.227 e. The van der Waals surface area contributed by atoms with Crippen molar-refractivity contribution in [2.24, 2.45) is 11.1 Å². The maximum atomic E-state index is 5.84. The largest absolute Gasteiger partial charge is 0.339 e. The van der Waals surface area contributed by atoms with E-state index in [4.69, 9.17) is 10.3 Å². The van der Waals surface area contributed by atoms with Crippen molar-refractivity contribution in [3.8, 4) is 10.7 Å². The number of halogens is 1. The van der Waals surface area contributed by atoms with Crippen molar-refractivity contribution in [1.82, 2.24) is 10.1 Å². The van der Waals surface area contributed by atoms with Crippen LogP contribution in [0.3, 0.4) is 0 Å². The van der Waals surface area contributed by atoms with Gasteiger partial charge in [0, 0.05) is 16.3 Å². The minimum absolute atomic E-state index is 0.208. The topological polar surface area (TPSA) is 64.9 Å². The van der Waals surface area contributed by atoms with Gasteiger partial charge in [-0.1, -0.05) is 11.6 Å². The van der Waals surface area contributed by atoms with Gasteiger partial charge in [0.2, 0.25) is 11.7 Å². The van der Waals surface area contributed by atoms with Gasteiger partial charge in [-0.25, -0.2) is 0 Å². The molecule has 0 radical (unpaired) electrons. The van der Waals surface area contributed by atoms with Crippen molar-refractivity contribution in [2.45, 2.75) is 25.7 Å². The van der Waals surface area contributed by atoms with Crippen molar-refractivity contribution in [2.75, 3.05) is 6.54 Å². The van der Waals surface area contributed by atoms with E-state index >= 15 is 0 Å². The van der Waals surface area contributed by atoms with E-state index in [1.54, 1.807) is 11.3 Å². The SMILES string of the molecule is NCC1(Cc2nc(-c3cc(Br)cs3)no2)CCC1. The van der Waals surface area contributed by atoms with E-state index in [9.17, 15) is 0 Å². The average Bonchev–Trinajstić information content (AvgIpc) is 2.92. The van der Waals surface area contributed by atoms with E-state index in [-0.39, 0.29) is 5.41 Å². The van der Waals surface area contributed by atoms with E-state index in [1.807, 2.05) is 11.4 Å². The fourth-order valence-corrected chi connectivity index (χ4v) is 3.66. The zero-order valence-corrected chi connectivity index (χ0v) is 12.3. The van der Waals surface area contributed by atoms with Gasteiger partial charge in [-0.2, -0.15) is 4.98 Å². The Kier molecular flexibility index (Phi) is 3.25. The van der Waals surface area contributed by atoms with Gasteiger partial charge in [0.1, 0.15) is 0 Å². The molecule has 1 fully saturated rings. The summed E-state index contributed by atoms with van der Waals surface area (Å²) in [6, 6.07) is 2.00. The van der Waals surface area contributed by atoms with E-state index in [0.29, 0.717) is 18.3 Å². The molecular formula is C12H14BrN3OS. The van der Waals surface area contributed by atoms with Crippen LogP contribution in [0, 0.1) is 5.41 Å². The average molecular weight is 328 g/mol. The van der Waals surface area contributed by atoms with Crippen molar-refractivity contribution in [3.63, 3.8) is 0 Å². The lowest BCUT2D eigenvalue weighted by atomic mass is 9.67. The van der Waals surface area contributed by atoms with Gasteiger partial charge in [0.15, 0.2) is 0 Å². The van der Waals surface area contributed by atoms with Gasteiger partial charge in [0.05, 0.1) is 4.88 Å². The van der Waals surface area contributed by atoms with Crippen LogP contribution in [0.15, 0.2) is 20.4 Å². The highest BCUT2D eigenvalue weighted by atomic mass is 79.9. The first-order valence-electron chi connectivity index (χ1n) is 5.98. The summed E-state index contributed by atoms with van der Waals surface area (Å²) in [6.45, 7) is 0.704. The summed E-state index contributed by atoms with van der Waals surface area (Å²) >= 11 is 5.03. The third kappa shape index (κ3) is 2.24. The van der Waals surface area contributed by atoms with Crippen LogP contribution >= 0.6 is 27.3 Å². The van der Waals surface area contributed by atoms with Crippen molar-refractivity contribution < 1.29 is 4.52 Å². The zero-order chi connectivity index (χ0) is 12.6. The second-order valence-corrected chi connectivity index (χ2v) is 6.70. The van der Waals surface area contributed by atoms with Gasteiger partial charge in [0.25, 0.3) is 0 Å². The van der Waals surface area contributed by atoms with Crippen LogP contribution in [0.1, 0.15) is 25.2 Å². The summed E-state index contributed by atoms with van der Waals surface area (Å²) in [7, 11) is 0. The Hall–Kier alpha value is -0.720. The quantitative estimate of drug-likeness (QED) is 0.936. The van der Waals surface area contributed by atoms with Gasteiger partial charge in [-0.15, -0.1) is 11.3 Å². The van der Waals surface area contributed by atoms with Crippen LogP contribution in [0.25, 0.3) is 10.7 Å². The summed E-state index contributed by atoms with van der Waals surface area (Å²) in [5, 5.41) is 6.05. The zero-order valence-electron chi connectivity index (χ0n) is 9.86. The Morgan fingerprint density at radius 2 is 2.33 bits per heavy atom. The molecule has 96 valence electrons. The predicted octanol–water partition coefficient (Wildman–Crippen LogP) is 3.23. The first-order valence-corrected chi connectivity index (χ1v) is 7.65. The minimum Gasteiger partial charge on any atom is -0.339 e. The highest BCUT2D eigenvalue weighted by molar-refractivity contribution is 9.10. The lowest BCUT2D eigenvalue weighted by Crippen LogP contribution is -2.39. The van der Waals surface area contributed by atoms with E-state index in [0.717, 1.165) is 15.8 Å². The number of rotatable bonds is 4. The fourth-order valence-electron chi connectivity index (χ4n) is 2.31. The molecule has 2 aromatic heterocycles. The molecule has 0 spiro atoms. The van der Waals surface area contributed by atoms with Crippen LogP contribution in [0.5, 0.6) is 0 Å². The maximum Gasteiger partial charge on any atom is 0.227 e. The summed E-state index contributed by atoms with van der Waals surface area (Å²) < 4.78 is 6.38. The summed E-state index contributed by atoms with van der Waals surface area (Å²) in [4.78, 5) is 5.49. The number of aromatic nitrogens is 2. The van der Waals surface area contributed by atoms with E-state index < -0.39 is 0 Å². The summed E-state index contributed by atoms with van der Waals surface area (Å²) in [6.07, 6.45) is 4.41.